The van der Waals surface area contributed by atoms with Crippen LogP contribution in [0.5, 0.6) is 0 Å². The highest BCUT2D eigenvalue weighted by Crippen LogP contribution is 2.37. The van der Waals surface area contributed by atoms with Crippen molar-refractivity contribution in [3.8, 4) is 0 Å². The minimum absolute atomic E-state index is 0.182. The molecule has 2 rings (SSSR count). The van der Waals surface area contributed by atoms with Crippen molar-refractivity contribution in [2.24, 2.45) is 17.8 Å². The van der Waals surface area contributed by atoms with Gasteiger partial charge in [-0.2, -0.15) is 0 Å². The topological polar surface area (TPSA) is 66.4 Å². The quantitative estimate of drug-likeness (QED) is 0.861. The van der Waals surface area contributed by atoms with Gasteiger partial charge in [0, 0.05) is 5.69 Å². The highest BCUT2D eigenvalue weighted by molar-refractivity contribution is 5.95. The second-order valence-corrected chi connectivity index (χ2v) is 4.98. The Hall–Kier alpha value is -1.84. The molecular weight excluding hydrogens is 230 g/mol. The van der Waals surface area contributed by atoms with Gasteiger partial charge < -0.3 is 10.4 Å². The monoisotopic (exact) mass is 247 g/mol. The van der Waals surface area contributed by atoms with Gasteiger partial charge in [0.1, 0.15) is 0 Å². The molecule has 1 aromatic carbocycles. The molecule has 1 amide bonds. The number of carboxylic acid groups (broad SMARTS) is 1. The molecule has 0 aromatic heterocycles. The number of carbonyl (C=O) groups is 2. The molecule has 0 bridgehead atoms. The number of hydrogen-bond acceptors (Lipinski definition) is 2. The molecule has 3 atom stereocenters. The highest BCUT2D eigenvalue weighted by Gasteiger charge is 2.41. The van der Waals surface area contributed by atoms with E-state index >= 15 is 0 Å². The van der Waals surface area contributed by atoms with Crippen molar-refractivity contribution in [3.05, 3.63) is 30.3 Å². The summed E-state index contributed by atoms with van der Waals surface area (Å²) in [4.78, 5) is 23.2. The van der Waals surface area contributed by atoms with Crippen molar-refractivity contribution in [1.82, 2.24) is 0 Å². The lowest BCUT2D eigenvalue weighted by Gasteiger charge is -2.15. The summed E-state index contributed by atoms with van der Waals surface area (Å²) in [5.41, 5.74) is 0.714. The number of nitrogens with one attached hydrogen (secondary N) is 1. The fourth-order valence-corrected chi connectivity index (χ4v) is 2.61. The van der Waals surface area contributed by atoms with Crippen molar-refractivity contribution >= 4 is 17.6 Å². The average molecular weight is 247 g/mol. The molecule has 4 nitrogen and oxygen atoms in total. The Labute approximate surface area is 106 Å². The first-order valence-electron chi connectivity index (χ1n) is 6.16. The summed E-state index contributed by atoms with van der Waals surface area (Å²) in [5, 5.41) is 11.9. The van der Waals surface area contributed by atoms with Crippen LogP contribution in [0.25, 0.3) is 0 Å². The van der Waals surface area contributed by atoms with E-state index in [1.165, 1.54) is 0 Å². The molecule has 0 aliphatic heterocycles. The van der Waals surface area contributed by atoms with Gasteiger partial charge in [0.15, 0.2) is 0 Å². The largest absolute Gasteiger partial charge is 0.481 e. The summed E-state index contributed by atoms with van der Waals surface area (Å²) in [5.74, 6) is -1.73. The predicted molar refractivity (Wildman–Crippen MR) is 68.1 cm³/mol. The Kier molecular flexibility index (Phi) is 3.65. The van der Waals surface area contributed by atoms with Gasteiger partial charge in [-0.15, -0.1) is 0 Å². The summed E-state index contributed by atoms with van der Waals surface area (Å²) in [7, 11) is 0. The minimum atomic E-state index is -0.868. The maximum Gasteiger partial charge on any atom is 0.307 e. The second-order valence-electron chi connectivity index (χ2n) is 4.98. The zero-order valence-electron chi connectivity index (χ0n) is 10.3. The second kappa shape index (κ2) is 5.21. The van der Waals surface area contributed by atoms with Gasteiger partial charge in [-0.1, -0.05) is 25.1 Å². The van der Waals surface area contributed by atoms with E-state index in [2.05, 4.69) is 5.32 Å². The molecule has 1 saturated carbocycles. The van der Waals surface area contributed by atoms with Crippen LogP contribution in [0.2, 0.25) is 0 Å². The first-order chi connectivity index (χ1) is 8.58. The van der Waals surface area contributed by atoms with E-state index in [0.29, 0.717) is 18.5 Å². The number of aliphatic carboxylic acids is 1. The molecule has 0 spiro atoms. The van der Waals surface area contributed by atoms with Crippen LogP contribution in [0.1, 0.15) is 19.8 Å². The fraction of sp³-hybridized carbons (Fsp3) is 0.429. The molecule has 96 valence electrons. The molecule has 0 radical (unpaired) electrons. The predicted octanol–water partition coefficient (Wildman–Crippen LogP) is 2.37. The molecule has 18 heavy (non-hydrogen) atoms. The van der Waals surface area contributed by atoms with Crippen molar-refractivity contribution < 1.29 is 14.7 Å². The Morgan fingerprint density at radius 1 is 1.17 bits per heavy atom. The lowest BCUT2D eigenvalue weighted by atomic mass is 9.95. The molecule has 4 heteroatoms. The summed E-state index contributed by atoms with van der Waals surface area (Å²) in [6.45, 7) is 1.99. The maximum absolute atomic E-state index is 12.1. The number of para-hydroxylation sites is 1. The number of carboxylic acids is 1. The van der Waals surface area contributed by atoms with Crippen molar-refractivity contribution in [2.45, 2.75) is 19.8 Å². The Balaban J connectivity index is 2.06. The molecule has 1 aliphatic carbocycles. The number of benzene rings is 1. The maximum atomic E-state index is 12.1. The number of amides is 1. The molecule has 1 aromatic rings. The zero-order valence-corrected chi connectivity index (χ0v) is 10.3. The fourth-order valence-electron chi connectivity index (χ4n) is 2.61. The smallest absolute Gasteiger partial charge is 0.307 e. The standard InChI is InChI=1S/C14H17NO3/c1-9-7-11(12(8-9)14(17)18)13(16)15-10-5-3-2-4-6-10/h2-6,9,11-12H,7-8H2,1H3,(H,15,16)(H,17,18)/t9?,11-,12+/m0/s1. The Morgan fingerprint density at radius 3 is 2.39 bits per heavy atom. The summed E-state index contributed by atoms with van der Waals surface area (Å²) < 4.78 is 0. The number of hydrogen-bond donors (Lipinski definition) is 2. The first-order valence-corrected chi connectivity index (χ1v) is 6.16. The summed E-state index contributed by atoms with van der Waals surface area (Å²) in [6, 6.07) is 9.13. The number of rotatable bonds is 3. The third kappa shape index (κ3) is 2.70. The SMILES string of the molecule is CC1C[C@H](C(=O)Nc2ccccc2)[C@H](C(=O)O)C1. The van der Waals surface area contributed by atoms with E-state index in [1.807, 2.05) is 25.1 Å². The van der Waals surface area contributed by atoms with E-state index in [-0.39, 0.29) is 11.8 Å². The molecule has 0 saturated heterocycles. The zero-order chi connectivity index (χ0) is 13.1. The van der Waals surface area contributed by atoms with E-state index in [0.717, 1.165) is 0 Å². The molecule has 1 unspecified atom stereocenters. The molecule has 1 fully saturated rings. The van der Waals surface area contributed by atoms with E-state index in [4.69, 9.17) is 5.11 Å². The van der Waals surface area contributed by atoms with Crippen LogP contribution in [0.3, 0.4) is 0 Å². The van der Waals surface area contributed by atoms with Gasteiger partial charge in [0.05, 0.1) is 11.8 Å². The molecular formula is C14H17NO3. The molecule has 1 aliphatic rings. The van der Waals surface area contributed by atoms with Crippen molar-refractivity contribution in [2.75, 3.05) is 5.32 Å². The number of carbonyl (C=O) groups excluding carboxylic acids is 1. The van der Waals surface area contributed by atoms with Gasteiger partial charge in [0.25, 0.3) is 0 Å². The van der Waals surface area contributed by atoms with Crippen LogP contribution in [-0.4, -0.2) is 17.0 Å². The first kappa shape index (κ1) is 12.6. The van der Waals surface area contributed by atoms with E-state index < -0.39 is 17.8 Å². The van der Waals surface area contributed by atoms with Crippen molar-refractivity contribution in [3.63, 3.8) is 0 Å². The van der Waals surface area contributed by atoms with Gasteiger partial charge in [0.2, 0.25) is 5.91 Å². The third-order valence-corrected chi connectivity index (χ3v) is 3.49. The molecule has 2 N–H and O–H groups in total. The van der Waals surface area contributed by atoms with E-state index in [9.17, 15) is 9.59 Å². The van der Waals surface area contributed by atoms with Crippen LogP contribution in [0, 0.1) is 17.8 Å². The number of anilines is 1. The molecule has 0 heterocycles. The van der Waals surface area contributed by atoms with Gasteiger partial charge >= 0.3 is 5.97 Å². The average Bonchev–Trinajstić information content (AvgIpc) is 2.73. The van der Waals surface area contributed by atoms with Gasteiger partial charge in [-0.3, -0.25) is 9.59 Å². The van der Waals surface area contributed by atoms with Crippen LogP contribution < -0.4 is 5.32 Å². The van der Waals surface area contributed by atoms with Gasteiger partial charge in [-0.25, -0.2) is 0 Å². The summed E-state index contributed by atoms with van der Waals surface area (Å²) in [6.07, 6.45) is 1.23. The normalized spacial score (nSPS) is 26.8. The van der Waals surface area contributed by atoms with Crippen LogP contribution in [-0.2, 0) is 9.59 Å². The van der Waals surface area contributed by atoms with Crippen LogP contribution in [0.4, 0.5) is 5.69 Å². The van der Waals surface area contributed by atoms with Gasteiger partial charge in [-0.05, 0) is 30.9 Å². The lowest BCUT2D eigenvalue weighted by Crippen LogP contribution is -2.29. The minimum Gasteiger partial charge on any atom is -0.481 e. The Morgan fingerprint density at radius 2 is 1.78 bits per heavy atom. The van der Waals surface area contributed by atoms with Crippen LogP contribution in [0.15, 0.2) is 30.3 Å². The van der Waals surface area contributed by atoms with Crippen LogP contribution >= 0.6 is 0 Å². The summed E-state index contributed by atoms with van der Waals surface area (Å²) >= 11 is 0. The Bertz CT molecular complexity index is 444. The lowest BCUT2D eigenvalue weighted by molar-refractivity contribution is -0.145. The van der Waals surface area contributed by atoms with Crippen molar-refractivity contribution in [1.29, 1.82) is 0 Å². The highest BCUT2D eigenvalue weighted by atomic mass is 16.4. The van der Waals surface area contributed by atoms with E-state index in [1.54, 1.807) is 12.1 Å². The third-order valence-electron chi connectivity index (χ3n) is 3.49.